The van der Waals surface area contributed by atoms with E-state index in [9.17, 15) is 9.90 Å². The van der Waals surface area contributed by atoms with Crippen molar-refractivity contribution in [3.8, 4) is 5.75 Å². The van der Waals surface area contributed by atoms with Gasteiger partial charge in [0.25, 0.3) is 0 Å². The lowest BCUT2D eigenvalue weighted by atomic mass is 10.0. The van der Waals surface area contributed by atoms with E-state index in [1.54, 1.807) is 12.1 Å². The number of methoxy groups -OCH3 is 1. The molecule has 1 aromatic rings. The van der Waals surface area contributed by atoms with Gasteiger partial charge in [-0.25, -0.2) is 0 Å². The topological polar surface area (TPSA) is 72.5 Å². The van der Waals surface area contributed by atoms with Crippen molar-refractivity contribution < 1.29 is 14.6 Å². The second-order valence-corrected chi connectivity index (χ2v) is 5.54. The van der Waals surface area contributed by atoms with E-state index in [1.165, 1.54) is 7.11 Å². The first-order valence-corrected chi connectivity index (χ1v) is 6.61. The van der Waals surface area contributed by atoms with Crippen molar-refractivity contribution in [2.45, 2.75) is 12.5 Å². The van der Waals surface area contributed by atoms with Gasteiger partial charge in [0.05, 0.1) is 20.7 Å². The fourth-order valence-electron chi connectivity index (χ4n) is 1.18. The number of nitrogens with two attached hydrogens (primary N) is 1. The average Bonchev–Trinajstić information content (AvgIpc) is 2.24. The smallest absolute Gasteiger partial charge is 0.307 e. The highest BCUT2D eigenvalue weighted by Crippen LogP contribution is 2.29. The lowest BCUT2D eigenvalue weighted by Crippen LogP contribution is -2.16. The molecule has 96 valence electrons. The van der Waals surface area contributed by atoms with Gasteiger partial charge in [-0.2, -0.15) is 0 Å². The molecule has 0 spiro atoms. The van der Waals surface area contributed by atoms with E-state index in [4.69, 9.17) is 5.73 Å². The highest BCUT2D eigenvalue weighted by molar-refractivity contribution is 14.1. The van der Waals surface area contributed by atoms with E-state index < -0.39 is 6.04 Å². The van der Waals surface area contributed by atoms with Crippen molar-refractivity contribution >= 4 is 63.6 Å². The molecule has 0 aromatic heterocycles. The van der Waals surface area contributed by atoms with Crippen LogP contribution in [0.4, 0.5) is 0 Å². The predicted molar refractivity (Wildman–Crippen MR) is 84.4 cm³/mol. The summed E-state index contributed by atoms with van der Waals surface area (Å²) in [4.78, 5) is 11.1. The molecule has 0 saturated heterocycles. The van der Waals surface area contributed by atoms with E-state index in [2.05, 4.69) is 4.74 Å². The Bertz CT molecular complexity index is 392. The van der Waals surface area contributed by atoms with Crippen molar-refractivity contribution in [1.29, 1.82) is 0 Å². The molecule has 0 radical (unpaired) electrons. The summed E-state index contributed by atoms with van der Waals surface area (Å²) < 4.78 is 6.00. The lowest BCUT2D eigenvalue weighted by Gasteiger charge is -2.12. The third-order valence-corrected chi connectivity index (χ3v) is 3.73. The largest absolute Gasteiger partial charge is 0.506 e. The Kier molecular flexibility index (Phi) is 7.68. The second kappa shape index (κ2) is 7.59. The van der Waals surface area contributed by atoms with Gasteiger partial charge in [0.15, 0.2) is 0 Å². The molecule has 1 aromatic carbocycles. The van der Waals surface area contributed by atoms with Gasteiger partial charge >= 0.3 is 5.97 Å². The van der Waals surface area contributed by atoms with Gasteiger partial charge in [-0.1, -0.05) is 0 Å². The summed E-state index contributed by atoms with van der Waals surface area (Å²) in [5.74, 6) is -0.0965. The molecular formula is C10H12ClI2NO3. The zero-order valence-electron chi connectivity index (χ0n) is 8.94. The minimum Gasteiger partial charge on any atom is -0.506 e. The quantitative estimate of drug-likeness (QED) is 0.512. The standard InChI is InChI=1S/C10H11I2NO3.ClH/c1-16-9(14)4-8(13)5-2-6(11)10(15)7(12)3-5;/h2-3,8,15H,4,13H2,1H3;1H/t8-;/m1./s1. The second-order valence-electron chi connectivity index (χ2n) is 3.22. The molecule has 0 unspecified atom stereocenters. The molecule has 0 aliphatic carbocycles. The van der Waals surface area contributed by atoms with Gasteiger partial charge in [-0.3, -0.25) is 4.79 Å². The Hall–Kier alpha value is 0.200. The van der Waals surface area contributed by atoms with Crippen LogP contribution in [0.3, 0.4) is 0 Å². The summed E-state index contributed by atoms with van der Waals surface area (Å²) in [5.41, 5.74) is 6.69. The fourth-order valence-corrected chi connectivity index (χ4v) is 3.00. The van der Waals surface area contributed by atoms with Crippen LogP contribution in [0, 0.1) is 7.14 Å². The number of halogens is 3. The fraction of sp³-hybridized carbons (Fsp3) is 0.300. The number of phenolic OH excluding ortho intramolecular Hbond substituents is 1. The van der Waals surface area contributed by atoms with Crippen LogP contribution in [0.15, 0.2) is 12.1 Å². The van der Waals surface area contributed by atoms with Crippen molar-refractivity contribution in [1.82, 2.24) is 0 Å². The summed E-state index contributed by atoms with van der Waals surface area (Å²) in [6, 6.07) is 3.13. The maximum absolute atomic E-state index is 11.1. The van der Waals surface area contributed by atoms with Crippen LogP contribution in [-0.2, 0) is 9.53 Å². The van der Waals surface area contributed by atoms with Gasteiger partial charge in [0.1, 0.15) is 5.75 Å². The molecule has 0 heterocycles. The summed E-state index contributed by atoms with van der Waals surface area (Å²) in [7, 11) is 1.33. The number of hydrogen-bond donors (Lipinski definition) is 2. The van der Waals surface area contributed by atoms with Crippen LogP contribution in [0.1, 0.15) is 18.0 Å². The number of carbonyl (C=O) groups is 1. The van der Waals surface area contributed by atoms with Gasteiger partial charge in [-0.05, 0) is 62.9 Å². The molecule has 17 heavy (non-hydrogen) atoms. The summed E-state index contributed by atoms with van der Waals surface area (Å²) in [6.07, 6.45) is 0.132. The van der Waals surface area contributed by atoms with Crippen molar-refractivity contribution in [3.05, 3.63) is 24.8 Å². The van der Waals surface area contributed by atoms with Gasteiger partial charge in [0, 0.05) is 6.04 Å². The first-order chi connectivity index (χ1) is 7.45. The highest BCUT2D eigenvalue weighted by atomic mass is 127. The summed E-state index contributed by atoms with van der Waals surface area (Å²) in [6.45, 7) is 0. The third-order valence-electron chi connectivity index (χ3n) is 2.08. The van der Waals surface area contributed by atoms with Crippen LogP contribution in [0.25, 0.3) is 0 Å². The number of hydrogen-bond acceptors (Lipinski definition) is 4. The van der Waals surface area contributed by atoms with Crippen molar-refractivity contribution in [3.63, 3.8) is 0 Å². The van der Waals surface area contributed by atoms with E-state index in [-0.39, 0.29) is 30.5 Å². The number of aromatic hydroxyl groups is 1. The Morgan fingerprint density at radius 2 is 1.94 bits per heavy atom. The first kappa shape index (κ1) is 17.2. The number of phenols is 1. The molecule has 0 amide bonds. The maximum Gasteiger partial charge on any atom is 0.307 e. The molecule has 0 saturated carbocycles. The molecular weight excluding hydrogens is 471 g/mol. The van der Waals surface area contributed by atoms with Crippen LogP contribution >= 0.6 is 57.6 Å². The SMILES string of the molecule is COC(=O)C[C@@H](N)c1cc(I)c(O)c(I)c1.Cl. The van der Waals surface area contributed by atoms with Gasteiger partial charge in [-0.15, -0.1) is 12.4 Å². The average molecular weight is 483 g/mol. The zero-order valence-corrected chi connectivity index (χ0v) is 14.1. The summed E-state index contributed by atoms with van der Waals surface area (Å²) in [5, 5.41) is 9.59. The minimum absolute atomic E-state index is 0. The molecule has 7 heteroatoms. The Morgan fingerprint density at radius 3 is 2.35 bits per heavy atom. The van der Waals surface area contributed by atoms with Gasteiger partial charge in [0.2, 0.25) is 0 Å². The Labute approximate surface area is 133 Å². The number of carbonyl (C=O) groups excluding carboxylic acids is 1. The van der Waals surface area contributed by atoms with Crippen LogP contribution in [0.5, 0.6) is 5.75 Å². The van der Waals surface area contributed by atoms with Crippen LogP contribution in [0.2, 0.25) is 0 Å². The van der Waals surface area contributed by atoms with Crippen molar-refractivity contribution in [2.24, 2.45) is 5.73 Å². The molecule has 1 atom stereocenters. The Morgan fingerprint density at radius 1 is 1.47 bits per heavy atom. The van der Waals surface area contributed by atoms with Crippen molar-refractivity contribution in [2.75, 3.05) is 7.11 Å². The summed E-state index contributed by atoms with van der Waals surface area (Å²) >= 11 is 4.05. The molecule has 0 aliphatic heterocycles. The molecule has 4 nitrogen and oxygen atoms in total. The lowest BCUT2D eigenvalue weighted by molar-refractivity contribution is -0.141. The van der Waals surface area contributed by atoms with E-state index in [0.29, 0.717) is 0 Å². The molecule has 0 aliphatic rings. The van der Waals surface area contributed by atoms with E-state index >= 15 is 0 Å². The van der Waals surface area contributed by atoms with Crippen LogP contribution in [-0.4, -0.2) is 18.2 Å². The first-order valence-electron chi connectivity index (χ1n) is 4.46. The number of esters is 1. The Balaban J connectivity index is 0.00000256. The van der Waals surface area contributed by atoms with Gasteiger partial charge < -0.3 is 15.6 Å². The number of rotatable bonds is 3. The number of ether oxygens (including phenoxy) is 1. The number of benzene rings is 1. The molecule has 0 fully saturated rings. The molecule has 0 bridgehead atoms. The molecule has 3 N–H and O–H groups in total. The zero-order chi connectivity index (χ0) is 12.3. The minimum atomic E-state index is -0.407. The van der Waals surface area contributed by atoms with E-state index in [1.807, 2.05) is 45.2 Å². The van der Waals surface area contributed by atoms with Crippen LogP contribution < -0.4 is 5.73 Å². The normalized spacial score (nSPS) is 11.5. The maximum atomic E-state index is 11.1. The van der Waals surface area contributed by atoms with E-state index in [0.717, 1.165) is 12.7 Å². The molecule has 1 rings (SSSR count). The highest BCUT2D eigenvalue weighted by Gasteiger charge is 2.15. The monoisotopic (exact) mass is 483 g/mol. The predicted octanol–water partition coefficient (Wildman–Crippen LogP) is 2.59. The third kappa shape index (κ3) is 4.76.